The van der Waals surface area contributed by atoms with Crippen molar-refractivity contribution in [3.63, 3.8) is 0 Å². The molecule has 0 rings (SSSR count). The summed E-state index contributed by atoms with van der Waals surface area (Å²) in [6, 6.07) is 0. The Morgan fingerprint density at radius 1 is 0.296 bits per heavy atom. The molecule has 0 aromatic heterocycles. The molecule has 2 unspecified atom stereocenters. The molecule has 0 fully saturated rings. The molecule has 3 N–H and O–H groups in total. The second-order valence-corrected chi connectivity index (χ2v) is 28.9. The molecule has 19 heteroatoms. The maximum absolute atomic E-state index is 13.1. The summed E-state index contributed by atoms with van der Waals surface area (Å²) in [6.45, 7) is 4.76. The summed E-state index contributed by atoms with van der Waals surface area (Å²) >= 11 is 0. The molecule has 0 radical (unpaired) electrons. The van der Waals surface area contributed by atoms with Gasteiger partial charge in [0.15, 0.2) is 12.2 Å². The highest BCUT2D eigenvalue weighted by atomic mass is 31.2. The fourth-order valence-corrected chi connectivity index (χ4v) is 11.9. The first-order valence-corrected chi connectivity index (χ1v) is 41.8. The Hall–Kier alpha value is -3.76. The fraction of sp³-hybridized carbons (Fsp3) is 0.772. The monoisotopic (exact) mass is 1420 g/mol. The van der Waals surface area contributed by atoms with E-state index in [4.69, 9.17) is 37.0 Å². The number of hydrogen-bond acceptors (Lipinski definition) is 15. The van der Waals surface area contributed by atoms with Crippen molar-refractivity contribution in [3.8, 4) is 0 Å². The number of aliphatic hydroxyl groups is 1. The van der Waals surface area contributed by atoms with Gasteiger partial charge in [-0.1, -0.05) is 254 Å². The van der Waals surface area contributed by atoms with Crippen molar-refractivity contribution in [3.05, 3.63) is 85.1 Å². The summed E-state index contributed by atoms with van der Waals surface area (Å²) in [5.74, 6) is -2.22. The second-order valence-electron chi connectivity index (χ2n) is 26.0. The Morgan fingerprint density at radius 2 is 0.531 bits per heavy atom. The SMILES string of the molecule is CCCCC/C=C\C/C=C\CCCCCCCC(=O)OC[C@H](COP(=O)(O)OC[C@@H](O)COP(=O)(O)OC[C@@H](COC(=O)CCCCCCC/C=C\C=C/CCCCCC)OC(=O)CCCCCCC/C=C\CCCCCC)OC(=O)CCCCCCC/C=C\C/C=C\CCCCC. The van der Waals surface area contributed by atoms with Crippen LogP contribution in [0.4, 0.5) is 0 Å². The van der Waals surface area contributed by atoms with Gasteiger partial charge in [0.25, 0.3) is 0 Å². The number of ether oxygens (including phenoxy) is 4. The van der Waals surface area contributed by atoms with Gasteiger partial charge in [0.05, 0.1) is 26.4 Å². The van der Waals surface area contributed by atoms with Crippen LogP contribution >= 0.6 is 15.6 Å². The van der Waals surface area contributed by atoms with Crippen LogP contribution in [0.15, 0.2) is 85.1 Å². The molecule has 0 bridgehead atoms. The first kappa shape index (κ1) is 94.2. The number of carbonyl (C=O) groups is 4. The summed E-state index contributed by atoms with van der Waals surface area (Å²) in [5, 5.41) is 10.6. The number of allylic oxidation sites excluding steroid dienone is 14. The van der Waals surface area contributed by atoms with E-state index >= 15 is 0 Å². The van der Waals surface area contributed by atoms with Gasteiger partial charge in [-0.3, -0.25) is 37.3 Å². The lowest BCUT2D eigenvalue weighted by molar-refractivity contribution is -0.161. The summed E-state index contributed by atoms with van der Waals surface area (Å²) in [5.41, 5.74) is 0. The molecule has 0 heterocycles. The van der Waals surface area contributed by atoms with Crippen molar-refractivity contribution in [2.24, 2.45) is 0 Å². The number of carbonyl (C=O) groups excluding carboxylic acids is 4. The van der Waals surface area contributed by atoms with E-state index in [1.165, 1.54) is 89.9 Å². The number of aliphatic hydroxyl groups excluding tert-OH is 1. The van der Waals surface area contributed by atoms with Gasteiger partial charge in [0, 0.05) is 25.7 Å². The van der Waals surface area contributed by atoms with Crippen molar-refractivity contribution in [1.82, 2.24) is 0 Å². The molecule has 0 saturated carbocycles. The number of rotatable bonds is 73. The van der Waals surface area contributed by atoms with Crippen LogP contribution in [0.1, 0.15) is 336 Å². The molecule has 17 nitrogen and oxygen atoms in total. The summed E-state index contributed by atoms with van der Waals surface area (Å²) in [7, 11) is -9.96. The van der Waals surface area contributed by atoms with Crippen LogP contribution in [0.25, 0.3) is 0 Å². The minimum Gasteiger partial charge on any atom is -0.462 e. The molecule has 0 aromatic carbocycles. The van der Waals surface area contributed by atoms with E-state index in [1.807, 2.05) is 0 Å². The molecule has 98 heavy (non-hydrogen) atoms. The van der Waals surface area contributed by atoms with Crippen LogP contribution in [-0.2, 0) is 65.4 Å². The normalized spacial score (nSPS) is 14.4. The average molecular weight is 1420 g/mol. The molecule has 0 aliphatic heterocycles. The largest absolute Gasteiger partial charge is 0.472 e. The maximum Gasteiger partial charge on any atom is 0.472 e. The third kappa shape index (κ3) is 70.7. The van der Waals surface area contributed by atoms with Crippen molar-refractivity contribution in [2.45, 2.75) is 354 Å². The predicted molar refractivity (Wildman–Crippen MR) is 399 cm³/mol. The van der Waals surface area contributed by atoms with Crippen molar-refractivity contribution < 1.29 is 80.2 Å². The first-order chi connectivity index (χ1) is 47.7. The van der Waals surface area contributed by atoms with E-state index in [0.29, 0.717) is 25.7 Å². The van der Waals surface area contributed by atoms with Gasteiger partial charge in [-0.15, -0.1) is 0 Å². The number of phosphoric ester groups is 2. The molecule has 568 valence electrons. The van der Waals surface area contributed by atoms with Gasteiger partial charge in [-0.05, 0) is 141 Å². The van der Waals surface area contributed by atoms with Crippen molar-refractivity contribution in [1.29, 1.82) is 0 Å². The van der Waals surface area contributed by atoms with E-state index in [2.05, 4.69) is 113 Å². The highest BCUT2D eigenvalue weighted by Gasteiger charge is 2.30. The Labute approximate surface area is 595 Å². The molecule has 0 aliphatic rings. The summed E-state index contributed by atoms with van der Waals surface area (Å²) in [6.07, 6.45) is 72.7. The van der Waals surface area contributed by atoms with Gasteiger partial charge in [-0.25, -0.2) is 9.13 Å². The lowest BCUT2D eigenvalue weighted by Crippen LogP contribution is -2.30. The topological polar surface area (TPSA) is 237 Å². The van der Waals surface area contributed by atoms with E-state index in [0.717, 1.165) is 167 Å². The maximum atomic E-state index is 13.1. The number of esters is 4. The van der Waals surface area contributed by atoms with E-state index in [-0.39, 0.29) is 25.7 Å². The Balaban J connectivity index is 5.37. The lowest BCUT2D eigenvalue weighted by Gasteiger charge is -2.21. The molecule has 0 amide bonds. The molecule has 0 spiro atoms. The lowest BCUT2D eigenvalue weighted by atomic mass is 10.1. The van der Waals surface area contributed by atoms with Gasteiger partial charge < -0.3 is 33.8 Å². The minimum atomic E-state index is -4.98. The van der Waals surface area contributed by atoms with Crippen LogP contribution < -0.4 is 0 Å². The summed E-state index contributed by atoms with van der Waals surface area (Å²) < 4.78 is 68.5. The highest BCUT2D eigenvalue weighted by molar-refractivity contribution is 7.47. The standard InChI is InChI=1S/C79H140O17P2/c1-5-9-13-17-21-25-29-33-36-40-43-47-51-55-59-63-76(81)89-69-74(95-78(83)65-61-57-53-49-45-39-32-28-24-20-16-12-8-4)71-93-97(85,86)91-67-73(80)68-92-98(87,88)94-72-75(96-79(84)66-62-58-54-50-46-42-38-35-31-27-23-19-15-11-7-3)70-90-77(82)64-60-56-52-48-44-41-37-34-30-26-22-18-14-10-6-2/h22-23,25-29,32-38,73-75,80H,5-21,24,30-31,39-72H2,1-4H3,(H,85,86)(H,87,88)/b26-22-,27-23-,29-25-,32-28-,36-33-,37-34-,38-35-/t73-,74+,75+/m0/s1. The van der Waals surface area contributed by atoms with Crippen LogP contribution in [-0.4, -0.2) is 96.7 Å². The van der Waals surface area contributed by atoms with Gasteiger partial charge in [0.2, 0.25) is 0 Å². The minimum absolute atomic E-state index is 0.0767. The zero-order valence-electron chi connectivity index (χ0n) is 62.0. The van der Waals surface area contributed by atoms with Crippen LogP contribution in [0, 0.1) is 0 Å². The molecule has 0 saturated heterocycles. The van der Waals surface area contributed by atoms with Crippen LogP contribution in [0.2, 0.25) is 0 Å². The number of phosphoric acid groups is 2. The zero-order chi connectivity index (χ0) is 71.8. The fourth-order valence-electron chi connectivity index (χ4n) is 10.3. The second kappa shape index (κ2) is 71.6. The Kier molecular flexibility index (Phi) is 68.9. The molecule has 0 aromatic rings. The molecular weight excluding hydrogens is 1280 g/mol. The molecular formula is C79H140O17P2. The zero-order valence-corrected chi connectivity index (χ0v) is 63.7. The third-order valence-electron chi connectivity index (χ3n) is 16.3. The van der Waals surface area contributed by atoms with Gasteiger partial charge in [0.1, 0.15) is 19.3 Å². The van der Waals surface area contributed by atoms with Crippen molar-refractivity contribution >= 4 is 39.5 Å². The quantitative estimate of drug-likeness (QED) is 0.0128. The van der Waals surface area contributed by atoms with E-state index in [1.54, 1.807) is 0 Å². The van der Waals surface area contributed by atoms with Crippen LogP contribution in [0.5, 0.6) is 0 Å². The summed E-state index contributed by atoms with van der Waals surface area (Å²) in [4.78, 5) is 72.9. The Bertz CT molecular complexity index is 2190. The number of unbranched alkanes of at least 4 members (excludes halogenated alkanes) is 34. The Morgan fingerprint density at radius 3 is 0.847 bits per heavy atom. The van der Waals surface area contributed by atoms with Crippen molar-refractivity contribution in [2.75, 3.05) is 39.6 Å². The first-order valence-electron chi connectivity index (χ1n) is 38.8. The molecule has 5 atom stereocenters. The van der Waals surface area contributed by atoms with Gasteiger partial charge in [-0.2, -0.15) is 0 Å². The van der Waals surface area contributed by atoms with Gasteiger partial charge >= 0.3 is 39.5 Å². The number of hydrogen-bond donors (Lipinski definition) is 3. The highest BCUT2D eigenvalue weighted by Crippen LogP contribution is 2.45. The average Bonchev–Trinajstić information content (AvgIpc) is 1.04. The van der Waals surface area contributed by atoms with Crippen LogP contribution in [0.3, 0.4) is 0 Å². The third-order valence-corrected chi connectivity index (χ3v) is 18.2. The predicted octanol–water partition coefficient (Wildman–Crippen LogP) is 22.2. The molecule has 0 aliphatic carbocycles. The smallest absolute Gasteiger partial charge is 0.462 e. The van der Waals surface area contributed by atoms with E-state index in [9.17, 15) is 43.2 Å². The van der Waals surface area contributed by atoms with E-state index < -0.39 is 97.5 Å².